The summed E-state index contributed by atoms with van der Waals surface area (Å²) < 4.78 is 39.1. The molecule has 0 aliphatic carbocycles. The van der Waals surface area contributed by atoms with Gasteiger partial charge >= 0.3 is 12.6 Å². The minimum Gasteiger partial charge on any atom is -0.493 e. The second-order valence-corrected chi connectivity index (χ2v) is 6.72. The molecule has 0 atom stereocenters. The normalized spacial score (nSPS) is 10.7. The van der Waals surface area contributed by atoms with Crippen LogP contribution in [0.25, 0.3) is 0 Å². The molecule has 10 heteroatoms. The van der Waals surface area contributed by atoms with Crippen molar-refractivity contribution < 1.29 is 37.4 Å². The van der Waals surface area contributed by atoms with Gasteiger partial charge in [0.2, 0.25) is 0 Å². The fourth-order valence-electron chi connectivity index (χ4n) is 3.14. The number of ketones is 1. The van der Waals surface area contributed by atoms with Crippen molar-refractivity contribution >= 4 is 17.7 Å². The monoisotopic (exact) mass is 438 g/mol. The number of halogens is 2. The molecule has 2 rings (SSSR count). The zero-order valence-electron chi connectivity index (χ0n) is 17.6. The first-order chi connectivity index (χ1) is 14.6. The molecule has 0 radical (unpaired) electrons. The summed E-state index contributed by atoms with van der Waals surface area (Å²) in [7, 11) is 1.33. The van der Waals surface area contributed by atoms with E-state index >= 15 is 0 Å². The molecule has 1 aromatic heterocycles. The van der Waals surface area contributed by atoms with E-state index in [2.05, 4.69) is 15.0 Å². The van der Waals surface area contributed by atoms with E-state index in [1.165, 1.54) is 26.2 Å². The highest BCUT2D eigenvalue weighted by atomic mass is 19.3. The lowest BCUT2D eigenvalue weighted by Gasteiger charge is -2.12. The van der Waals surface area contributed by atoms with Gasteiger partial charge in [0, 0.05) is 17.8 Å². The molecule has 168 valence electrons. The predicted octanol–water partition coefficient (Wildman–Crippen LogP) is 2.96. The zero-order valence-corrected chi connectivity index (χ0v) is 17.6. The Morgan fingerprint density at radius 2 is 1.87 bits per heavy atom. The third kappa shape index (κ3) is 6.27. The number of nitrogens with one attached hydrogen (secondary N) is 2. The van der Waals surface area contributed by atoms with Gasteiger partial charge in [-0.05, 0) is 50.5 Å². The molecule has 0 aliphatic rings. The number of esters is 1. The van der Waals surface area contributed by atoms with E-state index in [0.29, 0.717) is 23.2 Å². The van der Waals surface area contributed by atoms with Crippen molar-refractivity contribution in [3.8, 4) is 11.5 Å². The van der Waals surface area contributed by atoms with Crippen LogP contribution in [-0.4, -0.2) is 49.5 Å². The highest BCUT2D eigenvalue weighted by Gasteiger charge is 2.21. The average Bonchev–Trinajstić information content (AvgIpc) is 3.01. The standard InChI is InChI=1S/C21H24F2N2O6/c1-11-18(13(3)26)12(2)25-19(11)20(28)30-10-17(27)24-8-7-14-5-6-15(31-21(22)23)16(9-14)29-4/h5-6,9,21,25H,7-8,10H2,1-4H3,(H,24,27). The van der Waals surface area contributed by atoms with Crippen molar-refractivity contribution in [3.05, 3.63) is 46.3 Å². The Labute approximate surface area is 177 Å². The Hall–Kier alpha value is -3.43. The van der Waals surface area contributed by atoms with E-state index in [1.807, 2.05) is 0 Å². The van der Waals surface area contributed by atoms with Crippen LogP contribution in [-0.2, 0) is 16.0 Å². The van der Waals surface area contributed by atoms with Crippen LogP contribution < -0.4 is 14.8 Å². The molecule has 0 fully saturated rings. The minimum atomic E-state index is -2.96. The summed E-state index contributed by atoms with van der Waals surface area (Å²) in [4.78, 5) is 38.6. The number of hydrogen-bond acceptors (Lipinski definition) is 6. The number of ether oxygens (including phenoxy) is 3. The van der Waals surface area contributed by atoms with Crippen LogP contribution in [0.2, 0.25) is 0 Å². The number of Topliss-reactive ketones (excluding diaryl/α,β-unsaturated/α-hetero) is 1. The molecule has 1 heterocycles. The summed E-state index contributed by atoms with van der Waals surface area (Å²) in [6.07, 6.45) is 0.391. The summed E-state index contributed by atoms with van der Waals surface area (Å²) in [5.74, 6) is -1.35. The number of H-pyrrole nitrogens is 1. The van der Waals surface area contributed by atoms with Gasteiger partial charge in [0.05, 0.1) is 7.11 Å². The predicted molar refractivity (Wildman–Crippen MR) is 107 cm³/mol. The van der Waals surface area contributed by atoms with Gasteiger partial charge in [-0.2, -0.15) is 8.78 Å². The average molecular weight is 438 g/mol. The van der Waals surface area contributed by atoms with Crippen molar-refractivity contribution in [2.75, 3.05) is 20.3 Å². The number of alkyl halides is 2. The van der Waals surface area contributed by atoms with Crippen molar-refractivity contribution in [2.45, 2.75) is 33.8 Å². The first kappa shape index (κ1) is 23.8. The molecule has 1 aromatic carbocycles. The lowest BCUT2D eigenvalue weighted by Crippen LogP contribution is -2.30. The number of aromatic amines is 1. The van der Waals surface area contributed by atoms with Crippen LogP contribution in [0, 0.1) is 13.8 Å². The SMILES string of the molecule is COc1cc(CCNC(=O)COC(=O)c2[nH]c(C)c(C(C)=O)c2C)ccc1OC(F)F. The second kappa shape index (κ2) is 10.6. The first-order valence-electron chi connectivity index (χ1n) is 9.39. The largest absolute Gasteiger partial charge is 0.493 e. The first-order valence-corrected chi connectivity index (χ1v) is 9.39. The van der Waals surface area contributed by atoms with Gasteiger partial charge in [0.15, 0.2) is 23.9 Å². The van der Waals surface area contributed by atoms with Gasteiger partial charge < -0.3 is 24.5 Å². The van der Waals surface area contributed by atoms with E-state index in [1.54, 1.807) is 19.9 Å². The van der Waals surface area contributed by atoms with Crippen LogP contribution in [0.4, 0.5) is 8.78 Å². The maximum absolute atomic E-state index is 12.4. The lowest BCUT2D eigenvalue weighted by molar-refractivity contribution is -0.124. The molecule has 0 spiro atoms. The van der Waals surface area contributed by atoms with E-state index < -0.39 is 25.1 Å². The summed E-state index contributed by atoms with van der Waals surface area (Å²) in [5.41, 5.74) is 2.32. The number of benzene rings is 1. The summed E-state index contributed by atoms with van der Waals surface area (Å²) in [6.45, 7) is 1.48. The molecule has 8 nitrogen and oxygen atoms in total. The van der Waals surface area contributed by atoms with E-state index in [4.69, 9.17) is 9.47 Å². The fourth-order valence-corrected chi connectivity index (χ4v) is 3.14. The van der Waals surface area contributed by atoms with Gasteiger partial charge in [-0.1, -0.05) is 6.07 Å². The molecule has 0 saturated carbocycles. The number of carbonyl (C=O) groups is 3. The molecule has 0 aliphatic heterocycles. The topological polar surface area (TPSA) is 107 Å². The third-order valence-corrected chi connectivity index (χ3v) is 4.51. The summed E-state index contributed by atoms with van der Waals surface area (Å²) in [5, 5.41) is 2.60. The fraction of sp³-hybridized carbons (Fsp3) is 0.381. The molecule has 0 saturated heterocycles. The maximum Gasteiger partial charge on any atom is 0.387 e. The van der Waals surface area contributed by atoms with Crippen molar-refractivity contribution in [3.63, 3.8) is 0 Å². The Morgan fingerprint density at radius 3 is 2.45 bits per heavy atom. The number of hydrogen-bond donors (Lipinski definition) is 2. The highest BCUT2D eigenvalue weighted by molar-refractivity contribution is 6.01. The van der Waals surface area contributed by atoms with Crippen LogP contribution in [0.1, 0.15) is 44.6 Å². The van der Waals surface area contributed by atoms with Crippen molar-refractivity contribution in [1.29, 1.82) is 0 Å². The van der Waals surface area contributed by atoms with Crippen LogP contribution in [0.15, 0.2) is 18.2 Å². The van der Waals surface area contributed by atoms with Crippen molar-refractivity contribution in [1.82, 2.24) is 10.3 Å². The Balaban J connectivity index is 1.84. The number of aromatic nitrogens is 1. The molecule has 0 unspecified atom stereocenters. The third-order valence-electron chi connectivity index (χ3n) is 4.51. The zero-order chi connectivity index (χ0) is 23.1. The van der Waals surface area contributed by atoms with Crippen molar-refractivity contribution in [2.24, 2.45) is 0 Å². The lowest BCUT2D eigenvalue weighted by atomic mass is 10.1. The van der Waals surface area contributed by atoms with Gasteiger partial charge in [-0.15, -0.1) is 0 Å². The maximum atomic E-state index is 12.4. The molecular weight excluding hydrogens is 414 g/mol. The van der Waals surface area contributed by atoms with Crippen LogP contribution in [0.3, 0.4) is 0 Å². The molecule has 2 aromatic rings. The Bertz CT molecular complexity index is 971. The number of amides is 1. The van der Waals surface area contributed by atoms with Crippen LogP contribution in [0.5, 0.6) is 11.5 Å². The summed E-state index contributed by atoms with van der Waals surface area (Å²) in [6, 6.07) is 4.47. The smallest absolute Gasteiger partial charge is 0.387 e. The van der Waals surface area contributed by atoms with E-state index in [9.17, 15) is 23.2 Å². The van der Waals surface area contributed by atoms with Gasteiger partial charge in [0.25, 0.3) is 5.91 Å². The van der Waals surface area contributed by atoms with E-state index in [-0.39, 0.29) is 29.5 Å². The molecule has 2 N–H and O–H groups in total. The van der Waals surface area contributed by atoms with Gasteiger partial charge in [0.1, 0.15) is 5.69 Å². The minimum absolute atomic E-state index is 0.0834. The number of methoxy groups -OCH3 is 1. The number of carbonyl (C=O) groups excluding carboxylic acids is 3. The molecule has 1 amide bonds. The van der Waals surface area contributed by atoms with Gasteiger partial charge in [-0.3, -0.25) is 9.59 Å². The molecule has 31 heavy (non-hydrogen) atoms. The second-order valence-electron chi connectivity index (χ2n) is 6.72. The Morgan fingerprint density at radius 1 is 1.16 bits per heavy atom. The van der Waals surface area contributed by atoms with E-state index in [0.717, 1.165) is 5.56 Å². The molecule has 0 bridgehead atoms. The Kier molecular flexibility index (Phi) is 8.12. The quantitative estimate of drug-likeness (QED) is 0.436. The highest BCUT2D eigenvalue weighted by Crippen LogP contribution is 2.29. The molecular formula is C21H24F2N2O6. The number of rotatable bonds is 10. The summed E-state index contributed by atoms with van der Waals surface area (Å²) >= 11 is 0. The van der Waals surface area contributed by atoms with Gasteiger partial charge in [-0.25, -0.2) is 4.79 Å². The van der Waals surface area contributed by atoms with Crippen LogP contribution >= 0.6 is 0 Å². The number of aryl methyl sites for hydroxylation is 1.